The molecule has 0 aliphatic carbocycles. The second-order valence-corrected chi connectivity index (χ2v) is 19.4. The molecule has 0 saturated carbocycles. The fourth-order valence-corrected chi connectivity index (χ4v) is 6.17. The number of unbranched alkanes of at least 4 members (excludes halogenated alkanes) is 3. The highest BCUT2D eigenvalue weighted by molar-refractivity contribution is 7.80. The van der Waals surface area contributed by atoms with Gasteiger partial charge in [0.15, 0.2) is 0 Å². The quantitative estimate of drug-likeness (QED) is 0.281. The first kappa shape index (κ1) is 15.5. The minimum Gasteiger partial charge on any atom is -0.428 e. The summed E-state index contributed by atoms with van der Waals surface area (Å²) in [5, 5.41) is 0. The van der Waals surface area contributed by atoms with Crippen LogP contribution in [0.5, 0.6) is 0 Å². The molecule has 0 aromatic heterocycles. The highest BCUT2D eigenvalue weighted by Crippen LogP contribution is 2.01. The summed E-state index contributed by atoms with van der Waals surface area (Å²) in [4.78, 5) is 0. The molecule has 0 rings (SSSR count). The van der Waals surface area contributed by atoms with Crippen LogP contribution in [0.15, 0.2) is 0 Å². The monoisotopic (exact) mass is 288 g/mol. The lowest BCUT2D eigenvalue weighted by Gasteiger charge is -2.02. The lowest BCUT2D eigenvalue weighted by atomic mass is 10.2. The van der Waals surface area contributed by atoms with Crippen molar-refractivity contribution in [3.63, 3.8) is 0 Å². The molecule has 1 N–H and O–H groups in total. The number of hydrogen-bond donors (Lipinski definition) is 1. The van der Waals surface area contributed by atoms with Gasteiger partial charge in [0.1, 0.15) is 9.28 Å². The van der Waals surface area contributed by atoms with E-state index in [1.165, 1.54) is 9.76 Å². The zero-order chi connectivity index (χ0) is 11.6. The Bertz CT molecular complexity index is 233. The Morgan fingerprint density at radius 1 is 1.13 bits per heavy atom. The molecular formula is C6H20O5SSi3. The minimum atomic E-state index is -4.24. The van der Waals surface area contributed by atoms with Gasteiger partial charge in [0, 0.05) is 15.2 Å². The van der Waals surface area contributed by atoms with Crippen molar-refractivity contribution in [2.75, 3.05) is 13.2 Å². The second-order valence-electron chi connectivity index (χ2n) is 3.28. The van der Waals surface area contributed by atoms with Gasteiger partial charge in [0.25, 0.3) is 0 Å². The molecule has 0 spiro atoms. The highest BCUT2D eigenvalue weighted by Gasteiger charge is 2.02. The van der Waals surface area contributed by atoms with E-state index in [4.69, 9.17) is 8.98 Å². The summed E-state index contributed by atoms with van der Waals surface area (Å²) in [7, 11) is -2.64. The third kappa shape index (κ3) is 14.5. The summed E-state index contributed by atoms with van der Waals surface area (Å²) in [5.41, 5.74) is 0. The maximum atomic E-state index is 10.2. The summed E-state index contributed by atoms with van der Waals surface area (Å²) in [6, 6.07) is 0. The third-order valence-corrected chi connectivity index (χ3v) is 8.98. The Morgan fingerprint density at radius 3 is 2.27 bits per heavy atom. The van der Waals surface area contributed by atoms with Crippen LogP contribution in [0.25, 0.3) is 0 Å². The fraction of sp³-hybridized carbons (Fsp3) is 1.00. The molecule has 0 saturated heterocycles. The first-order chi connectivity index (χ1) is 7.06. The number of hydrogen-bond acceptors (Lipinski definition) is 4. The molecule has 92 valence electrons. The Morgan fingerprint density at radius 2 is 1.73 bits per heavy atom. The van der Waals surface area contributed by atoms with Crippen molar-refractivity contribution < 1.29 is 21.6 Å². The SMILES string of the molecule is O=S(=O)(O)OCCCCCCO[SiH2][SiH2][SiH3]. The van der Waals surface area contributed by atoms with Gasteiger partial charge in [-0.3, -0.25) is 4.55 Å². The van der Waals surface area contributed by atoms with Crippen LogP contribution < -0.4 is 0 Å². The Labute approximate surface area is 98.6 Å². The zero-order valence-corrected chi connectivity index (χ0v) is 14.8. The van der Waals surface area contributed by atoms with Crippen LogP contribution in [-0.2, 0) is 19.0 Å². The smallest absolute Gasteiger partial charge is 0.397 e. The van der Waals surface area contributed by atoms with Gasteiger partial charge in [-0.25, -0.2) is 4.18 Å². The van der Waals surface area contributed by atoms with Crippen LogP contribution in [0.2, 0.25) is 0 Å². The summed E-state index contributed by atoms with van der Waals surface area (Å²) >= 11 is 0. The van der Waals surface area contributed by atoms with Gasteiger partial charge in [-0.05, 0) is 22.6 Å². The van der Waals surface area contributed by atoms with Gasteiger partial charge in [0.05, 0.1) is 6.61 Å². The average Bonchev–Trinajstić information content (AvgIpc) is 2.14. The molecule has 0 aliphatic rings. The largest absolute Gasteiger partial charge is 0.428 e. The van der Waals surface area contributed by atoms with Crippen LogP contribution >= 0.6 is 0 Å². The maximum Gasteiger partial charge on any atom is 0.397 e. The van der Waals surface area contributed by atoms with Crippen molar-refractivity contribution in [1.82, 2.24) is 0 Å². The Kier molecular flexibility index (Phi) is 10.00. The van der Waals surface area contributed by atoms with E-state index in [0.717, 1.165) is 25.9 Å². The average molecular weight is 289 g/mol. The van der Waals surface area contributed by atoms with Gasteiger partial charge in [0.2, 0.25) is 0 Å². The van der Waals surface area contributed by atoms with E-state index in [2.05, 4.69) is 4.18 Å². The zero-order valence-electron chi connectivity index (χ0n) is 9.15. The molecule has 5 nitrogen and oxygen atoms in total. The van der Waals surface area contributed by atoms with E-state index in [0.29, 0.717) is 15.0 Å². The van der Waals surface area contributed by atoms with Crippen molar-refractivity contribution in [2.45, 2.75) is 25.7 Å². The lowest BCUT2D eigenvalue weighted by molar-refractivity contribution is 0.259. The highest BCUT2D eigenvalue weighted by atomic mass is 32.3. The molecule has 0 radical (unpaired) electrons. The second kappa shape index (κ2) is 9.69. The van der Waals surface area contributed by atoms with E-state index in [1.54, 1.807) is 0 Å². The summed E-state index contributed by atoms with van der Waals surface area (Å²) < 4.78 is 38.3. The molecule has 0 bridgehead atoms. The number of rotatable bonds is 10. The van der Waals surface area contributed by atoms with Gasteiger partial charge in [-0.2, -0.15) is 8.42 Å². The van der Waals surface area contributed by atoms with Gasteiger partial charge < -0.3 is 4.43 Å². The van der Waals surface area contributed by atoms with Crippen LogP contribution in [0.1, 0.15) is 25.7 Å². The predicted molar refractivity (Wildman–Crippen MR) is 68.9 cm³/mol. The molecule has 0 aromatic rings. The standard InChI is InChI=1S/C6H20O5SSi3/c7-12(8,9)10-5-3-1-2-4-6-11-14-15-13/h1-6,14-15H2,13H3,(H,7,8,9). The normalized spacial score (nSPS) is 13.7. The summed E-state index contributed by atoms with van der Waals surface area (Å²) in [6.45, 7) is 0.947. The molecule has 0 amide bonds. The summed E-state index contributed by atoms with van der Waals surface area (Å²) in [5.74, 6) is 0. The van der Waals surface area contributed by atoms with E-state index < -0.39 is 10.4 Å². The molecule has 9 heteroatoms. The van der Waals surface area contributed by atoms with Gasteiger partial charge in [-0.1, -0.05) is 12.8 Å². The van der Waals surface area contributed by atoms with Gasteiger partial charge >= 0.3 is 10.4 Å². The first-order valence-corrected chi connectivity index (χ1v) is 16.9. The minimum absolute atomic E-state index is 0.0713. The Hall–Kier alpha value is 0.481. The van der Waals surface area contributed by atoms with E-state index in [-0.39, 0.29) is 15.9 Å². The topological polar surface area (TPSA) is 72.8 Å². The first-order valence-electron chi connectivity index (χ1n) is 5.26. The molecule has 0 unspecified atom stereocenters. The lowest BCUT2D eigenvalue weighted by Crippen LogP contribution is -2.09. The Balaban J connectivity index is 3.06. The predicted octanol–water partition coefficient (Wildman–Crippen LogP) is -2.17. The fourth-order valence-electron chi connectivity index (χ4n) is 1.07. The van der Waals surface area contributed by atoms with Crippen LogP contribution in [-0.4, -0.2) is 53.8 Å². The van der Waals surface area contributed by atoms with Crippen molar-refractivity contribution in [2.24, 2.45) is 0 Å². The van der Waals surface area contributed by atoms with Crippen LogP contribution in [0, 0.1) is 0 Å². The molecule has 0 fully saturated rings. The molecule has 15 heavy (non-hydrogen) atoms. The van der Waals surface area contributed by atoms with Gasteiger partial charge in [-0.15, -0.1) is 0 Å². The molecule has 0 heterocycles. The van der Waals surface area contributed by atoms with E-state index in [1.807, 2.05) is 0 Å². The van der Waals surface area contributed by atoms with Crippen LogP contribution in [0.4, 0.5) is 0 Å². The van der Waals surface area contributed by atoms with Crippen molar-refractivity contribution in [1.29, 1.82) is 0 Å². The van der Waals surface area contributed by atoms with Crippen molar-refractivity contribution in [3.05, 3.63) is 0 Å². The van der Waals surface area contributed by atoms with E-state index >= 15 is 0 Å². The molecule has 0 aromatic carbocycles. The summed E-state index contributed by atoms with van der Waals surface area (Å²) in [6.07, 6.45) is 3.66. The van der Waals surface area contributed by atoms with Crippen LogP contribution in [0.3, 0.4) is 0 Å². The maximum absolute atomic E-state index is 10.2. The van der Waals surface area contributed by atoms with Crippen molar-refractivity contribution in [3.8, 4) is 0 Å². The molecule has 0 aliphatic heterocycles. The molecular weight excluding hydrogens is 268 g/mol. The molecule has 0 atom stereocenters. The van der Waals surface area contributed by atoms with Crippen molar-refractivity contribution >= 4 is 38.0 Å². The third-order valence-electron chi connectivity index (χ3n) is 1.76. The van der Waals surface area contributed by atoms with E-state index in [9.17, 15) is 8.42 Å².